The minimum absolute atomic E-state index is 0.104. The van der Waals surface area contributed by atoms with Crippen LogP contribution in [0.1, 0.15) is 34.1 Å². The lowest BCUT2D eigenvalue weighted by Crippen LogP contribution is -2.39. The summed E-state index contributed by atoms with van der Waals surface area (Å²) in [6, 6.07) is 5.43. The lowest BCUT2D eigenvalue weighted by molar-refractivity contribution is -0.0250. The molecule has 1 aromatic rings. The third-order valence-electron chi connectivity index (χ3n) is 2.71. The Balaban J connectivity index is 2.35. The molecule has 0 bridgehead atoms. The number of rotatable bonds is 4. The molecule has 2 amide bonds. The number of halogens is 2. The van der Waals surface area contributed by atoms with Crippen molar-refractivity contribution in [3.8, 4) is 0 Å². The van der Waals surface area contributed by atoms with Gasteiger partial charge < -0.3 is 0 Å². The third kappa shape index (κ3) is 2.08. The van der Waals surface area contributed by atoms with Gasteiger partial charge in [0.15, 0.2) is 0 Å². The van der Waals surface area contributed by atoms with Gasteiger partial charge in [0.2, 0.25) is 0 Å². The molecular formula is C11H9F2NO5S. The molecule has 20 heavy (non-hydrogen) atoms. The van der Waals surface area contributed by atoms with E-state index in [0.29, 0.717) is 0 Å². The van der Waals surface area contributed by atoms with Gasteiger partial charge in [-0.1, -0.05) is 19.1 Å². The second kappa shape index (κ2) is 4.60. The van der Waals surface area contributed by atoms with E-state index in [0.717, 1.165) is 6.92 Å². The first-order chi connectivity index (χ1) is 9.21. The Morgan fingerprint density at radius 2 is 1.60 bits per heavy atom. The van der Waals surface area contributed by atoms with Gasteiger partial charge in [0.05, 0.1) is 11.1 Å². The van der Waals surface area contributed by atoms with Gasteiger partial charge in [-0.15, -0.1) is 9.35 Å². The molecule has 0 aromatic heterocycles. The number of hydrogen-bond donors (Lipinski definition) is 0. The summed E-state index contributed by atoms with van der Waals surface area (Å²) in [6.45, 7) is 0.934. The summed E-state index contributed by atoms with van der Waals surface area (Å²) in [5, 5.41) is -4.36. The lowest BCUT2D eigenvalue weighted by Gasteiger charge is -2.18. The van der Waals surface area contributed by atoms with E-state index < -0.39 is 33.6 Å². The van der Waals surface area contributed by atoms with Crippen LogP contribution >= 0.6 is 0 Å². The molecule has 1 aliphatic heterocycles. The monoisotopic (exact) mass is 305 g/mol. The normalized spacial score (nSPS) is 15.7. The molecule has 1 aliphatic rings. The van der Waals surface area contributed by atoms with Gasteiger partial charge >= 0.3 is 15.4 Å². The highest BCUT2D eigenvalue weighted by atomic mass is 32.2. The van der Waals surface area contributed by atoms with E-state index in [9.17, 15) is 26.8 Å². The van der Waals surface area contributed by atoms with Crippen molar-refractivity contribution in [3.63, 3.8) is 0 Å². The standard InChI is InChI=1S/C11H9F2NO5S/c1-2-11(12,13)20(17,18)19-14-9(15)7-5-3-4-6-8(7)10(14)16/h3-6H,2H2,1H3. The average Bonchev–Trinajstić information content (AvgIpc) is 2.64. The Hall–Kier alpha value is -1.87. The maximum Gasteiger partial charge on any atom is 0.371 e. The summed E-state index contributed by atoms with van der Waals surface area (Å²) in [6.07, 6.45) is -1.04. The zero-order valence-corrected chi connectivity index (χ0v) is 11.0. The first-order valence-corrected chi connectivity index (χ1v) is 6.92. The predicted molar refractivity (Wildman–Crippen MR) is 62.2 cm³/mol. The highest BCUT2D eigenvalue weighted by Crippen LogP contribution is 2.30. The molecule has 0 fully saturated rings. The summed E-state index contributed by atoms with van der Waals surface area (Å²) in [5.41, 5.74) is -0.208. The minimum Gasteiger partial charge on any atom is -0.266 e. The van der Waals surface area contributed by atoms with E-state index in [4.69, 9.17) is 0 Å². The number of hydroxylamine groups is 2. The second-order valence-electron chi connectivity index (χ2n) is 3.97. The molecule has 9 heteroatoms. The van der Waals surface area contributed by atoms with Gasteiger partial charge in [-0.2, -0.15) is 17.2 Å². The number of carbonyl (C=O) groups excluding carboxylic acids is 2. The second-order valence-corrected chi connectivity index (χ2v) is 5.62. The van der Waals surface area contributed by atoms with Crippen molar-refractivity contribution in [2.75, 3.05) is 0 Å². The van der Waals surface area contributed by atoms with Crippen LogP contribution in [-0.4, -0.2) is 30.5 Å². The molecule has 0 N–H and O–H groups in total. The van der Waals surface area contributed by atoms with E-state index in [2.05, 4.69) is 4.28 Å². The number of nitrogens with zero attached hydrogens (tertiary/aromatic N) is 1. The summed E-state index contributed by atoms with van der Waals surface area (Å²) in [5.74, 6) is -2.19. The maximum absolute atomic E-state index is 13.2. The van der Waals surface area contributed by atoms with Gasteiger partial charge in [-0.25, -0.2) is 0 Å². The molecular weight excluding hydrogens is 296 g/mol. The van der Waals surface area contributed by atoms with Crippen molar-refractivity contribution >= 4 is 21.9 Å². The highest BCUT2D eigenvalue weighted by molar-refractivity contribution is 7.87. The molecule has 0 unspecified atom stereocenters. The van der Waals surface area contributed by atoms with Crippen LogP contribution in [0.15, 0.2) is 24.3 Å². The zero-order chi connectivity index (χ0) is 15.1. The Kier molecular flexibility index (Phi) is 3.34. The SMILES string of the molecule is CCC(F)(F)S(=O)(=O)ON1C(=O)c2ccccc2C1=O. The van der Waals surface area contributed by atoms with Crippen molar-refractivity contribution in [3.05, 3.63) is 35.4 Å². The molecule has 0 radical (unpaired) electrons. The fourth-order valence-corrected chi connectivity index (χ4v) is 2.36. The summed E-state index contributed by atoms with van der Waals surface area (Å²) < 4.78 is 53.2. The number of fused-ring (bicyclic) bond motifs is 1. The Bertz CT molecular complexity index is 651. The quantitative estimate of drug-likeness (QED) is 0.788. The Labute approximate surface area is 113 Å². The van der Waals surface area contributed by atoms with Crippen molar-refractivity contribution < 1.29 is 31.1 Å². The number of benzene rings is 1. The van der Waals surface area contributed by atoms with Gasteiger partial charge in [0, 0.05) is 6.42 Å². The molecule has 0 saturated carbocycles. The van der Waals surface area contributed by atoms with Crippen molar-refractivity contribution in [2.45, 2.75) is 18.6 Å². The van der Waals surface area contributed by atoms with E-state index >= 15 is 0 Å². The average molecular weight is 305 g/mol. The van der Waals surface area contributed by atoms with Gasteiger partial charge in [-0.3, -0.25) is 9.59 Å². The summed E-state index contributed by atoms with van der Waals surface area (Å²) >= 11 is 0. The number of amides is 2. The molecule has 0 saturated heterocycles. The van der Waals surface area contributed by atoms with Crippen LogP contribution < -0.4 is 0 Å². The van der Waals surface area contributed by atoms with E-state index in [1.807, 2.05) is 0 Å². The van der Waals surface area contributed by atoms with Crippen LogP contribution in [0.5, 0.6) is 0 Å². The van der Waals surface area contributed by atoms with E-state index in [1.54, 1.807) is 0 Å². The zero-order valence-electron chi connectivity index (χ0n) is 10.2. The van der Waals surface area contributed by atoms with Crippen molar-refractivity contribution in [1.29, 1.82) is 0 Å². The van der Waals surface area contributed by atoms with Gasteiger partial charge in [0.25, 0.3) is 11.8 Å². The summed E-state index contributed by atoms with van der Waals surface area (Å²) in [4.78, 5) is 23.5. The first-order valence-electron chi connectivity index (χ1n) is 5.51. The largest absolute Gasteiger partial charge is 0.371 e. The Morgan fingerprint density at radius 1 is 1.15 bits per heavy atom. The van der Waals surface area contributed by atoms with Crippen LogP contribution in [0.25, 0.3) is 0 Å². The lowest BCUT2D eigenvalue weighted by atomic mass is 10.1. The fraction of sp³-hybridized carbons (Fsp3) is 0.273. The van der Waals surface area contributed by atoms with Crippen LogP contribution in [0.4, 0.5) is 8.78 Å². The van der Waals surface area contributed by atoms with Gasteiger partial charge in [-0.05, 0) is 12.1 Å². The van der Waals surface area contributed by atoms with E-state index in [1.165, 1.54) is 24.3 Å². The van der Waals surface area contributed by atoms with Crippen LogP contribution in [0, 0.1) is 0 Å². The topological polar surface area (TPSA) is 80.8 Å². The highest BCUT2D eigenvalue weighted by Gasteiger charge is 2.49. The van der Waals surface area contributed by atoms with Crippen LogP contribution in [0.3, 0.4) is 0 Å². The van der Waals surface area contributed by atoms with Crippen LogP contribution in [-0.2, 0) is 14.4 Å². The van der Waals surface area contributed by atoms with E-state index in [-0.39, 0.29) is 16.2 Å². The number of alkyl halides is 2. The molecule has 0 aliphatic carbocycles. The van der Waals surface area contributed by atoms with Crippen LogP contribution in [0.2, 0.25) is 0 Å². The number of hydrogen-bond acceptors (Lipinski definition) is 5. The molecule has 1 aromatic carbocycles. The minimum atomic E-state index is -5.43. The smallest absolute Gasteiger partial charge is 0.266 e. The Morgan fingerprint density at radius 3 is 2.00 bits per heavy atom. The molecule has 2 rings (SSSR count). The molecule has 6 nitrogen and oxygen atoms in total. The summed E-state index contributed by atoms with van der Waals surface area (Å²) in [7, 11) is -5.43. The first kappa shape index (κ1) is 14.5. The molecule has 0 atom stereocenters. The molecule has 0 spiro atoms. The van der Waals surface area contributed by atoms with Crippen molar-refractivity contribution in [1.82, 2.24) is 5.06 Å². The molecule has 108 valence electrons. The number of imide groups is 1. The molecule has 1 heterocycles. The third-order valence-corrected chi connectivity index (χ3v) is 4.07. The van der Waals surface area contributed by atoms with Gasteiger partial charge in [0.1, 0.15) is 0 Å². The van der Waals surface area contributed by atoms with Crippen molar-refractivity contribution in [2.24, 2.45) is 0 Å². The number of carbonyl (C=O) groups is 2. The maximum atomic E-state index is 13.2. The predicted octanol–water partition coefficient (Wildman–Crippen LogP) is 1.55. The fourth-order valence-electron chi connectivity index (χ4n) is 1.56.